The van der Waals surface area contributed by atoms with Crippen molar-refractivity contribution in [2.45, 2.75) is 12.5 Å². The standard InChI is InChI=1S/C18H22N4O3/c23-18-9-15(12-25-18)22-5-3-21(4-6-22)7-8-24-16-2-1-14-11-19-13-20-17(14)10-16/h1-2,10-11,13,15H,3-9,12H2. The summed E-state index contributed by atoms with van der Waals surface area (Å²) in [5.41, 5.74) is 0.898. The van der Waals surface area contributed by atoms with Crippen molar-refractivity contribution in [1.29, 1.82) is 0 Å². The third kappa shape index (κ3) is 3.88. The van der Waals surface area contributed by atoms with E-state index in [-0.39, 0.29) is 12.0 Å². The lowest BCUT2D eigenvalue weighted by Gasteiger charge is -2.36. The van der Waals surface area contributed by atoms with E-state index in [0.29, 0.717) is 19.6 Å². The van der Waals surface area contributed by atoms with E-state index in [1.165, 1.54) is 0 Å². The van der Waals surface area contributed by atoms with Crippen LogP contribution in [0.4, 0.5) is 0 Å². The summed E-state index contributed by atoms with van der Waals surface area (Å²) < 4.78 is 10.9. The number of fused-ring (bicyclic) bond motifs is 1. The maximum atomic E-state index is 11.2. The predicted molar refractivity (Wildman–Crippen MR) is 92.4 cm³/mol. The number of carbonyl (C=O) groups is 1. The molecule has 0 N–H and O–H groups in total. The fraction of sp³-hybridized carbons (Fsp3) is 0.500. The molecule has 7 nitrogen and oxygen atoms in total. The molecule has 1 aromatic carbocycles. The molecule has 1 unspecified atom stereocenters. The largest absolute Gasteiger partial charge is 0.492 e. The zero-order valence-electron chi connectivity index (χ0n) is 14.1. The number of hydrogen-bond acceptors (Lipinski definition) is 7. The summed E-state index contributed by atoms with van der Waals surface area (Å²) in [4.78, 5) is 24.3. The van der Waals surface area contributed by atoms with Crippen molar-refractivity contribution in [1.82, 2.24) is 19.8 Å². The molecule has 2 aromatic rings. The number of carbonyl (C=O) groups excluding carboxylic acids is 1. The molecule has 0 saturated carbocycles. The van der Waals surface area contributed by atoms with Gasteiger partial charge in [-0.25, -0.2) is 9.97 Å². The summed E-state index contributed by atoms with van der Waals surface area (Å²) in [5.74, 6) is 0.771. The SMILES string of the molecule is O=C1CC(N2CCN(CCOc3ccc4cncnc4c3)CC2)CO1. The molecular formula is C18H22N4O3. The van der Waals surface area contributed by atoms with Gasteiger partial charge in [0.15, 0.2) is 0 Å². The first kappa shape index (κ1) is 16.2. The molecule has 25 heavy (non-hydrogen) atoms. The molecule has 1 aromatic heterocycles. The number of benzene rings is 1. The Bertz CT molecular complexity index is 746. The Kier molecular flexibility index (Phi) is 4.76. The number of rotatable bonds is 5. The van der Waals surface area contributed by atoms with Gasteiger partial charge in [-0.2, -0.15) is 0 Å². The third-order valence-electron chi connectivity index (χ3n) is 4.92. The molecule has 132 valence electrons. The van der Waals surface area contributed by atoms with Gasteiger partial charge in [-0.1, -0.05) is 0 Å². The number of ether oxygens (including phenoxy) is 2. The number of piperazine rings is 1. The smallest absolute Gasteiger partial charge is 0.307 e. The number of aromatic nitrogens is 2. The van der Waals surface area contributed by atoms with Crippen molar-refractivity contribution in [3.63, 3.8) is 0 Å². The normalized spacial score (nSPS) is 22.2. The Labute approximate surface area is 146 Å². The second-order valence-electron chi connectivity index (χ2n) is 6.51. The lowest BCUT2D eigenvalue weighted by molar-refractivity contribution is -0.137. The average Bonchev–Trinajstić information content (AvgIpc) is 3.09. The summed E-state index contributed by atoms with van der Waals surface area (Å²) in [6.07, 6.45) is 3.89. The predicted octanol–water partition coefficient (Wildman–Crippen LogP) is 0.942. The molecule has 0 amide bonds. The van der Waals surface area contributed by atoms with Gasteiger partial charge in [-0.15, -0.1) is 0 Å². The van der Waals surface area contributed by atoms with Crippen molar-refractivity contribution in [2.24, 2.45) is 0 Å². The molecule has 0 radical (unpaired) electrons. The molecule has 4 rings (SSSR count). The molecule has 0 bridgehead atoms. The minimum Gasteiger partial charge on any atom is -0.492 e. The van der Waals surface area contributed by atoms with E-state index in [9.17, 15) is 4.79 Å². The van der Waals surface area contributed by atoms with Crippen molar-refractivity contribution >= 4 is 16.9 Å². The average molecular weight is 342 g/mol. The van der Waals surface area contributed by atoms with E-state index in [2.05, 4.69) is 19.8 Å². The molecule has 2 aliphatic rings. The molecule has 0 aliphatic carbocycles. The van der Waals surface area contributed by atoms with Gasteiger partial charge in [-0.3, -0.25) is 14.6 Å². The molecule has 3 heterocycles. The second-order valence-corrected chi connectivity index (χ2v) is 6.51. The quantitative estimate of drug-likeness (QED) is 0.749. The van der Waals surface area contributed by atoms with E-state index in [0.717, 1.165) is 49.4 Å². The molecule has 7 heteroatoms. The van der Waals surface area contributed by atoms with Gasteiger partial charge in [-0.05, 0) is 12.1 Å². The van der Waals surface area contributed by atoms with Gasteiger partial charge in [0.25, 0.3) is 0 Å². The van der Waals surface area contributed by atoms with Gasteiger partial charge in [0, 0.05) is 50.4 Å². The van der Waals surface area contributed by atoms with Crippen molar-refractivity contribution < 1.29 is 14.3 Å². The first-order chi connectivity index (χ1) is 12.3. The van der Waals surface area contributed by atoms with Crippen LogP contribution in [0.15, 0.2) is 30.7 Å². The van der Waals surface area contributed by atoms with Gasteiger partial charge in [0.05, 0.1) is 18.0 Å². The highest BCUT2D eigenvalue weighted by Crippen LogP contribution is 2.18. The summed E-state index contributed by atoms with van der Waals surface area (Å²) in [6.45, 7) is 6.06. The Morgan fingerprint density at radius 1 is 1.24 bits per heavy atom. The highest BCUT2D eigenvalue weighted by Gasteiger charge is 2.31. The highest BCUT2D eigenvalue weighted by atomic mass is 16.5. The minimum atomic E-state index is -0.0681. The minimum absolute atomic E-state index is 0.0681. The number of nitrogens with zero attached hydrogens (tertiary/aromatic N) is 4. The van der Waals surface area contributed by atoms with Crippen LogP contribution in [0.1, 0.15) is 6.42 Å². The second kappa shape index (κ2) is 7.33. The van der Waals surface area contributed by atoms with Gasteiger partial charge < -0.3 is 9.47 Å². The first-order valence-corrected chi connectivity index (χ1v) is 8.72. The number of cyclic esters (lactones) is 1. The van der Waals surface area contributed by atoms with Crippen LogP contribution in [-0.4, -0.2) is 77.7 Å². The summed E-state index contributed by atoms with van der Waals surface area (Å²) >= 11 is 0. The number of esters is 1. The van der Waals surface area contributed by atoms with Crippen LogP contribution in [0.2, 0.25) is 0 Å². The molecule has 0 spiro atoms. The van der Waals surface area contributed by atoms with Crippen molar-refractivity contribution in [2.75, 3.05) is 45.9 Å². The molecule has 1 atom stereocenters. The Hall–Kier alpha value is -2.25. The van der Waals surface area contributed by atoms with Gasteiger partial charge in [0.2, 0.25) is 0 Å². The van der Waals surface area contributed by atoms with Gasteiger partial charge >= 0.3 is 5.97 Å². The monoisotopic (exact) mass is 342 g/mol. The van der Waals surface area contributed by atoms with Crippen LogP contribution >= 0.6 is 0 Å². The molecule has 2 saturated heterocycles. The van der Waals surface area contributed by atoms with Crippen LogP contribution < -0.4 is 4.74 Å². The maximum Gasteiger partial charge on any atom is 0.307 e. The Balaban J connectivity index is 1.22. The number of hydrogen-bond donors (Lipinski definition) is 0. The highest BCUT2D eigenvalue weighted by molar-refractivity contribution is 5.78. The fourth-order valence-electron chi connectivity index (χ4n) is 3.42. The summed E-state index contributed by atoms with van der Waals surface area (Å²) in [5, 5.41) is 1.01. The van der Waals surface area contributed by atoms with Crippen LogP contribution in [-0.2, 0) is 9.53 Å². The summed E-state index contributed by atoms with van der Waals surface area (Å²) in [6, 6.07) is 6.16. The first-order valence-electron chi connectivity index (χ1n) is 8.72. The van der Waals surface area contributed by atoms with Crippen molar-refractivity contribution in [3.8, 4) is 5.75 Å². The van der Waals surface area contributed by atoms with Crippen LogP contribution in [0, 0.1) is 0 Å². The van der Waals surface area contributed by atoms with E-state index in [4.69, 9.17) is 9.47 Å². The van der Waals surface area contributed by atoms with E-state index in [1.54, 1.807) is 12.5 Å². The lowest BCUT2D eigenvalue weighted by Crippen LogP contribution is -2.51. The molecule has 2 aliphatic heterocycles. The zero-order valence-corrected chi connectivity index (χ0v) is 14.1. The van der Waals surface area contributed by atoms with E-state index >= 15 is 0 Å². The third-order valence-corrected chi connectivity index (χ3v) is 4.92. The van der Waals surface area contributed by atoms with Crippen LogP contribution in [0.3, 0.4) is 0 Å². The Morgan fingerprint density at radius 3 is 2.92 bits per heavy atom. The van der Waals surface area contributed by atoms with Crippen LogP contribution in [0.5, 0.6) is 5.75 Å². The van der Waals surface area contributed by atoms with E-state index < -0.39 is 0 Å². The van der Waals surface area contributed by atoms with Crippen molar-refractivity contribution in [3.05, 3.63) is 30.7 Å². The Morgan fingerprint density at radius 2 is 2.12 bits per heavy atom. The molecular weight excluding hydrogens is 320 g/mol. The maximum absolute atomic E-state index is 11.2. The van der Waals surface area contributed by atoms with E-state index in [1.807, 2.05) is 18.2 Å². The van der Waals surface area contributed by atoms with Crippen LogP contribution in [0.25, 0.3) is 10.9 Å². The zero-order chi connectivity index (χ0) is 17.1. The molecule has 2 fully saturated rings. The summed E-state index contributed by atoms with van der Waals surface area (Å²) in [7, 11) is 0. The van der Waals surface area contributed by atoms with Gasteiger partial charge in [0.1, 0.15) is 25.3 Å². The fourth-order valence-corrected chi connectivity index (χ4v) is 3.42. The lowest BCUT2D eigenvalue weighted by atomic mass is 10.2. The topological polar surface area (TPSA) is 67.8 Å².